The Kier molecular flexibility index (Phi) is 6.55. The Morgan fingerprint density at radius 3 is 1.38 bits per heavy atom. The fourth-order valence-electron chi connectivity index (χ4n) is 9.09. The SMILES string of the molecule is Fc1cccc(F)c1-c1cc(-n2c3ccccc3c3ccc4c5ccccc5oc4c32)c(C(F)(F)F)cc1-n1c2ccccc2c2ccc3c4ccccc4oc3c21. The van der Waals surface area contributed by atoms with Crippen LogP contribution in [0.25, 0.3) is 110 Å². The number of fused-ring (bicyclic) bond motifs is 14. The first-order valence-electron chi connectivity index (χ1n) is 18.6. The smallest absolute Gasteiger partial charge is 0.418 e. The molecule has 0 aliphatic heterocycles. The van der Waals surface area contributed by atoms with Gasteiger partial charge in [0, 0.05) is 48.7 Å². The summed E-state index contributed by atoms with van der Waals surface area (Å²) in [5.41, 5.74) is 1.89. The van der Waals surface area contributed by atoms with E-state index in [2.05, 4.69) is 0 Å². The van der Waals surface area contributed by atoms with Gasteiger partial charge in [0.25, 0.3) is 0 Å². The number of furan rings is 2. The van der Waals surface area contributed by atoms with E-state index in [-0.39, 0.29) is 16.9 Å². The minimum absolute atomic E-state index is 0.0751. The van der Waals surface area contributed by atoms with E-state index in [9.17, 15) is 0 Å². The van der Waals surface area contributed by atoms with Gasteiger partial charge in [-0.3, -0.25) is 0 Å². The molecule has 58 heavy (non-hydrogen) atoms. The molecule has 278 valence electrons. The van der Waals surface area contributed by atoms with E-state index in [0.717, 1.165) is 45.1 Å². The van der Waals surface area contributed by atoms with Crippen LogP contribution < -0.4 is 0 Å². The molecular formula is C49H25F5N2O2. The highest BCUT2D eigenvalue weighted by molar-refractivity contribution is 6.23. The van der Waals surface area contributed by atoms with Crippen molar-refractivity contribution < 1.29 is 30.8 Å². The van der Waals surface area contributed by atoms with E-state index in [0.29, 0.717) is 60.6 Å². The highest BCUT2D eigenvalue weighted by atomic mass is 19.4. The second-order valence-corrected chi connectivity index (χ2v) is 14.6. The molecular weight excluding hydrogens is 744 g/mol. The average Bonchev–Trinajstić information content (AvgIpc) is 3.98. The third kappa shape index (κ3) is 4.38. The Morgan fingerprint density at radius 2 is 0.862 bits per heavy atom. The molecule has 0 aliphatic rings. The summed E-state index contributed by atoms with van der Waals surface area (Å²) < 4.78 is 96.9. The van der Waals surface area contributed by atoms with Crippen LogP contribution in [0.4, 0.5) is 22.0 Å². The predicted octanol–water partition coefficient (Wildman–Crippen LogP) is 14.6. The van der Waals surface area contributed by atoms with Crippen molar-refractivity contribution in [2.45, 2.75) is 6.18 Å². The number of alkyl halides is 3. The molecule has 0 saturated heterocycles. The number of halogens is 5. The minimum atomic E-state index is -4.94. The third-order valence-electron chi connectivity index (χ3n) is 11.5. The van der Waals surface area contributed by atoms with Crippen LogP contribution in [0.5, 0.6) is 0 Å². The lowest BCUT2D eigenvalue weighted by atomic mass is 9.97. The van der Waals surface area contributed by atoms with E-state index >= 15 is 22.0 Å². The molecule has 4 aromatic heterocycles. The number of rotatable bonds is 3. The van der Waals surface area contributed by atoms with Gasteiger partial charge >= 0.3 is 6.18 Å². The zero-order valence-electron chi connectivity index (χ0n) is 30.0. The van der Waals surface area contributed by atoms with Gasteiger partial charge in [-0.1, -0.05) is 91.0 Å². The van der Waals surface area contributed by atoms with Crippen molar-refractivity contribution in [1.82, 2.24) is 9.13 Å². The summed E-state index contributed by atoms with van der Waals surface area (Å²) >= 11 is 0. The fraction of sp³-hybridized carbons (Fsp3) is 0.0204. The summed E-state index contributed by atoms with van der Waals surface area (Å²) in [4.78, 5) is 0. The summed E-state index contributed by atoms with van der Waals surface area (Å²) in [7, 11) is 0. The van der Waals surface area contributed by atoms with Gasteiger partial charge in [-0.25, -0.2) is 8.78 Å². The molecule has 12 rings (SSSR count). The van der Waals surface area contributed by atoms with E-state index in [4.69, 9.17) is 8.83 Å². The summed E-state index contributed by atoms with van der Waals surface area (Å²) in [6, 6.07) is 42.8. The summed E-state index contributed by atoms with van der Waals surface area (Å²) in [6.45, 7) is 0. The largest absolute Gasteiger partial charge is 0.454 e. The van der Waals surface area contributed by atoms with E-state index in [1.54, 1.807) is 28.8 Å². The molecule has 0 fully saturated rings. The van der Waals surface area contributed by atoms with Crippen LogP contribution in [0, 0.1) is 11.6 Å². The predicted molar refractivity (Wildman–Crippen MR) is 220 cm³/mol. The molecule has 0 N–H and O–H groups in total. The lowest BCUT2D eigenvalue weighted by molar-refractivity contribution is -0.137. The van der Waals surface area contributed by atoms with Gasteiger partial charge < -0.3 is 18.0 Å². The lowest BCUT2D eigenvalue weighted by Gasteiger charge is -2.22. The van der Waals surface area contributed by atoms with Crippen LogP contribution in [0.1, 0.15) is 5.56 Å². The maximum Gasteiger partial charge on any atom is 0.418 e. The highest BCUT2D eigenvalue weighted by Gasteiger charge is 2.38. The molecule has 8 aromatic carbocycles. The molecule has 0 amide bonds. The number of nitrogens with zero attached hydrogens (tertiary/aromatic N) is 2. The molecule has 0 saturated carbocycles. The molecule has 0 unspecified atom stereocenters. The van der Waals surface area contributed by atoms with Crippen molar-refractivity contribution in [3.8, 4) is 22.5 Å². The second kappa shape index (κ2) is 11.6. The molecule has 4 nitrogen and oxygen atoms in total. The van der Waals surface area contributed by atoms with Crippen molar-refractivity contribution in [2.24, 2.45) is 0 Å². The first-order valence-corrected chi connectivity index (χ1v) is 18.6. The van der Waals surface area contributed by atoms with Gasteiger partial charge in [0.1, 0.15) is 22.8 Å². The zero-order chi connectivity index (χ0) is 39.0. The first kappa shape index (κ1) is 32.8. The number of benzene rings is 8. The summed E-state index contributed by atoms with van der Waals surface area (Å²) in [5, 5.41) is 5.88. The van der Waals surface area contributed by atoms with Crippen LogP contribution in [0.3, 0.4) is 0 Å². The van der Waals surface area contributed by atoms with Gasteiger partial charge in [-0.2, -0.15) is 13.2 Å². The highest BCUT2D eigenvalue weighted by Crippen LogP contribution is 2.48. The van der Waals surface area contributed by atoms with Crippen molar-refractivity contribution in [1.29, 1.82) is 0 Å². The van der Waals surface area contributed by atoms with Gasteiger partial charge in [0.2, 0.25) is 0 Å². The second-order valence-electron chi connectivity index (χ2n) is 14.6. The molecule has 0 bridgehead atoms. The summed E-state index contributed by atoms with van der Waals surface area (Å²) in [5.74, 6) is -1.85. The van der Waals surface area contributed by atoms with E-state index in [1.165, 1.54) is 16.7 Å². The molecule has 0 aliphatic carbocycles. The molecule has 12 aromatic rings. The Labute approximate surface area is 324 Å². The van der Waals surface area contributed by atoms with E-state index in [1.807, 2.05) is 97.1 Å². The lowest BCUT2D eigenvalue weighted by Crippen LogP contribution is -2.14. The normalized spacial score (nSPS) is 12.6. The Balaban J connectivity index is 1.30. The van der Waals surface area contributed by atoms with Crippen LogP contribution in [-0.4, -0.2) is 9.13 Å². The molecule has 9 heteroatoms. The van der Waals surface area contributed by atoms with Crippen molar-refractivity contribution in [2.75, 3.05) is 0 Å². The standard InChI is InChI=1S/C49H25F5N2O2/c50-36-14-9-15-37(51)44(36)34-24-41(56-39-17-6-2-11-27(39)31-21-23-33-29-13-4-8-19-43(29)58-48(33)46(31)56)35(49(52,53)54)25-40(34)55-38-16-5-1-10-26(38)30-20-22-32-28-12-3-7-18-42(28)57-47(32)45(30)55/h1-25H. The number of hydrogen-bond donors (Lipinski definition) is 0. The Hall–Kier alpha value is -7.39. The van der Waals surface area contributed by atoms with Crippen molar-refractivity contribution >= 4 is 87.5 Å². The van der Waals surface area contributed by atoms with Crippen LogP contribution >= 0.6 is 0 Å². The van der Waals surface area contributed by atoms with Crippen molar-refractivity contribution in [3.05, 3.63) is 169 Å². The number of hydrogen-bond acceptors (Lipinski definition) is 2. The topological polar surface area (TPSA) is 36.1 Å². The maximum absolute atomic E-state index is 16.3. The Bertz CT molecular complexity index is 3690. The van der Waals surface area contributed by atoms with Crippen LogP contribution in [-0.2, 0) is 6.18 Å². The van der Waals surface area contributed by atoms with E-state index < -0.39 is 28.9 Å². The first-order chi connectivity index (χ1) is 28.3. The third-order valence-corrected chi connectivity index (χ3v) is 11.5. The van der Waals surface area contributed by atoms with Gasteiger partial charge in [-0.15, -0.1) is 0 Å². The van der Waals surface area contributed by atoms with Gasteiger partial charge in [-0.05, 0) is 60.7 Å². The van der Waals surface area contributed by atoms with Crippen LogP contribution in [0.15, 0.2) is 160 Å². The molecule has 0 atom stereocenters. The minimum Gasteiger partial charge on any atom is -0.454 e. The molecule has 0 radical (unpaired) electrons. The molecule has 0 spiro atoms. The average molecular weight is 769 g/mol. The van der Waals surface area contributed by atoms with Gasteiger partial charge in [0.05, 0.1) is 44.6 Å². The molecule has 4 heterocycles. The quantitative estimate of drug-likeness (QED) is 0.168. The fourth-order valence-corrected chi connectivity index (χ4v) is 9.09. The summed E-state index contributed by atoms with van der Waals surface area (Å²) in [6.07, 6.45) is -4.94. The zero-order valence-corrected chi connectivity index (χ0v) is 30.0. The number of para-hydroxylation sites is 4. The monoisotopic (exact) mass is 768 g/mol. The Morgan fingerprint density at radius 1 is 0.414 bits per heavy atom. The maximum atomic E-state index is 16.3. The van der Waals surface area contributed by atoms with Gasteiger partial charge in [0.15, 0.2) is 11.2 Å². The van der Waals surface area contributed by atoms with Crippen LogP contribution in [0.2, 0.25) is 0 Å². The number of aromatic nitrogens is 2. The van der Waals surface area contributed by atoms with Crippen molar-refractivity contribution in [3.63, 3.8) is 0 Å².